The Hall–Kier alpha value is -1.18. The van der Waals surface area contributed by atoms with Crippen LogP contribution < -0.4 is 0 Å². The fourth-order valence-corrected chi connectivity index (χ4v) is 1.53. The summed E-state index contributed by atoms with van der Waals surface area (Å²) in [6.07, 6.45) is 6.06. The molecule has 12 heavy (non-hydrogen) atoms. The van der Waals surface area contributed by atoms with Crippen LogP contribution in [0.5, 0.6) is 0 Å². The average molecular weight is 160 g/mol. The number of hydrogen-bond donors (Lipinski definition) is 0. The molecule has 0 N–H and O–H groups in total. The van der Waals surface area contributed by atoms with Crippen LogP contribution in [-0.2, 0) is 0 Å². The van der Waals surface area contributed by atoms with E-state index in [1.807, 2.05) is 18.5 Å². The van der Waals surface area contributed by atoms with Crippen LogP contribution in [0, 0.1) is 6.92 Å². The molecule has 0 bridgehead atoms. The first-order chi connectivity index (χ1) is 5.88. The number of aryl methyl sites for hydroxylation is 1. The Balaban J connectivity index is 2.39. The first-order valence-electron chi connectivity index (χ1n) is 4.32. The molecule has 0 saturated carbocycles. The van der Waals surface area contributed by atoms with Crippen LogP contribution >= 0.6 is 0 Å². The van der Waals surface area contributed by atoms with Gasteiger partial charge < -0.3 is 0 Å². The SMILES string of the molecule is Cc1ccncc1C1=NCCC1. The molecule has 1 aromatic heterocycles. The minimum Gasteiger partial charge on any atom is -0.289 e. The van der Waals surface area contributed by atoms with Gasteiger partial charge in [0.1, 0.15) is 0 Å². The second-order valence-electron chi connectivity index (χ2n) is 3.12. The van der Waals surface area contributed by atoms with Crippen molar-refractivity contribution in [3.63, 3.8) is 0 Å². The number of nitrogens with zero attached hydrogens (tertiary/aromatic N) is 2. The minimum atomic E-state index is 0.990. The normalized spacial score (nSPS) is 16.2. The number of rotatable bonds is 1. The molecule has 0 unspecified atom stereocenters. The molecule has 2 nitrogen and oxygen atoms in total. The molecule has 0 aromatic carbocycles. The molecule has 1 aliphatic rings. The maximum atomic E-state index is 4.44. The lowest BCUT2D eigenvalue weighted by Gasteiger charge is -2.02. The van der Waals surface area contributed by atoms with Gasteiger partial charge in [-0.1, -0.05) is 0 Å². The fraction of sp³-hybridized carbons (Fsp3) is 0.400. The summed E-state index contributed by atoms with van der Waals surface area (Å²) < 4.78 is 0. The van der Waals surface area contributed by atoms with Crippen LogP contribution in [0.15, 0.2) is 23.5 Å². The summed E-state index contributed by atoms with van der Waals surface area (Å²) in [5.74, 6) is 0. The molecule has 2 heteroatoms. The Morgan fingerprint density at radius 1 is 1.42 bits per heavy atom. The van der Waals surface area contributed by atoms with Crippen molar-refractivity contribution in [1.29, 1.82) is 0 Å². The van der Waals surface area contributed by atoms with Crippen molar-refractivity contribution in [1.82, 2.24) is 4.98 Å². The predicted octanol–water partition coefficient (Wildman–Crippen LogP) is 1.97. The molecule has 1 aromatic rings. The van der Waals surface area contributed by atoms with Gasteiger partial charge in [-0.15, -0.1) is 0 Å². The van der Waals surface area contributed by atoms with Gasteiger partial charge in [-0.2, -0.15) is 0 Å². The van der Waals surface area contributed by atoms with E-state index in [0.29, 0.717) is 0 Å². The number of aliphatic imine (C=N–C) groups is 1. The van der Waals surface area contributed by atoms with E-state index in [4.69, 9.17) is 0 Å². The van der Waals surface area contributed by atoms with E-state index in [-0.39, 0.29) is 0 Å². The lowest BCUT2D eigenvalue weighted by molar-refractivity contribution is 0.951. The first-order valence-corrected chi connectivity index (χ1v) is 4.32. The van der Waals surface area contributed by atoms with Crippen LogP contribution in [0.3, 0.4) is 0 Å². The predicted molar refractivity (Wildman–Crippen MR) is 49.6 cm³/mol. The third-order valence-electron chi connectivity index (χ3n) is 2.22. The molecule has 0 amide bonds. The van der Waals surface area contributed by atoms with E-state index < -0.39 is 0 Å². The van der Waals surface area contributed by atoms with Gasteiger partial charge in [-0.05, 0) is 31.4 Å². The molecule has 0 fully saturated rings. The zero-order chi connectivity index (χ0) is 8.39. The van der Waals surface area contributed by atoms with Gasteiger partial charge in [-0.3, -0.25) is 9.98 Å². The summed E-state index contributed by atoms with van der Waals surface area (Å²) in [7, 11) is 0. The van der Waals surface area contributed by atoms with Crippen molar-refractivity contribution in [3.8, 4) is 0 Å². The fourth-order valence-electron chi connectivity index (χ4n) is 1.53. The highest BCUT2D eigenvalue weighted by Gasteiger charge is 2.10. The van der Waals surface area contributed by atoms with Crippen LogP contribution in [0.1, 0.15) is 24.0 Å². The van der Waals surface area contributed by atoms with Crippen LogP contribution in [-0.4, -0.2) is 17.2 Å². The van der Waals surface area contributed by atoms with Gasteiger partial charge in [0.15, 0.2) is 0 Å². The Labute approximate surface area is 72.4 Å². The topological polar surface area (TPSA) is 25.2 Å². The highest BCUT2D eigenvalue weighted by molar-refractivity contribution is 6.02. The quantitative estimate of drug-likeness (QED) is 0.616. The van der Waals surface area contributed by atoms with Crippen molar-refractivity contribution in [3.05, 3.63) is 29.6 Å². The molecular weight excluding hydrogens is 148 g/mol. The number of hydrogen-bond acceptors (Lipinski definition) is 2. The third-order valence-corrected chi connectivity index (χ3v) is 2.22. The van der Waals surface area contributed by atoms with Gasteiger partial charge in [0.05, 0.1) is 0 Å². The average Bonchev–Trinajstić information content (AvgIpc) is 2.57. The summed E-state index contributed by atoms with van der Waals surface area (Å²) in [6, 6.07) is 2.04. The highest BCUT2D eigenvalue weighted by atomic mass is 14.8. The van der Waals surface area contributed by atoms with Crippen LogP contribution in [0.25, 0.3) is 0 Å². The van der Waals surface area contributed by atoms with E-state index in [1.165, 1.54) is 23.3 Å². The molecule has 0 atom stereocenters. The second kappa shape index (κ2) is 3.05. The monoisotopic (exact) mass is 160 g/mol. The second-order valence-corrected chi connectivity index (χ2v) is 3.12. The minimum absolute atomic E-state index is 0.990. The lowest BCUT2D eigenvalue weighted by Crippen LogP contribution is -1.99. The maximum absolute atomic E-state index is 4.44. The van der Waals surface area contributed by atoms with Crippen molar-refractivity contribution >= 4 is 5.71 Å². The zero-order valence-electron chi connectivity index (χ0n) is 7.25. The van der Waals surface area contributed by atoms with Gasteiger partial charge >= 0.3 is 0 Å². The largest absolute Gasteiger partial charge is 0.289 e. The summed E-state index contributed by atoms with van der Waals surface area (Å²) in [4.78, 5) is 8.55. The summed E-state index contributed by atoms with van der Waals surface area (Å²) >= 11 is 0. The molecule has 1 aliphatic heterocycles. The highest BCUT2D eigenvalue weighted by Crippen LogP contribution is 2.14. The number of aromatic nitrogens is 1. The van der Waals surface area contributed by atoms with E-state index >= 15 is 0 Å². The van der Waals surface area contributed by atoms with E-state index in [2.05, 4.69) is 16.9 Å². The van der Waals surface area contributed by atoms with Gasteiger partial charge in [0, 0.05) is 30.2 Å². The van der Waals surface area contributed by atoms with Crippen molar-refractivity contribution in [2.75, 3.05) is 6.54 Å². The smallest absolute Gasteiger partial charge is 0.0439 e. The summed E-state index contributed by atoms with van der Waals surface area (Å²) in [6.45, 7) is 3.10. The van der Waals surface area contributed by atoms with Gasteiger partial charge in [-0.25, -0.2) is 0 Å². The van der Waals surface area contributed by atoms with E-state index in [0.717, 1.165) is 13.0 Å². The van der Waals surface area contributed by atoms with Crippen LogP contribution in [0.4, 0.5) is 0 Å². The standard InChI is InChI=1S/C10H12N2/c1-8-4-6-11-7-9(8)10-3-2-5-12-10/h4,6-7H,2-3,5H2,1H3. The zero-order valence-corrected chi connectivity index (χ0v) is 7.25. The molecule has 2 rings (SSSR count). The van der Waals surface area contributed by atoms with Crippen molar-refractivity contribution < 1.29 is 0 Å². The van der Waals surface area contributed by atoms with E-state index in [9.17, 15) is 0 Å². The Morgan fingerprint density at radius 2 is 2.33 bits per heavy atom. The summed E-state index contributed by atoms with van der Waals surface area (Å²) in [5.41, 5.74) is 3.75. The van der Waals surface area contributed by atoms with Crippen molar-refractivity contribution in [2.24, 2.45) is 4.99 Å². The third kappa shape index (κ3) is 1.24. The molecule has 0 radical (unpaired) electrons. The maximum Gasteiger partial charge on any atom is 0.0439 e. The Bertz CT molecular complexity index is 315. The van der Waals surface area contributed by atoms with Gasteiger partial charge in [0.25, 0.3) is 0 Å². The molecular formula is C10H12N2. The molecule has 62 valence electrons. The van der Waals surface area contributed by atoms with Gasteiger partial charge in [0.2, 0.25) is 0 Å². The van der Waals surface area contributed by atoms with E-state index in [1.54, 1.807) is 0 Å². The van der Waals surface area contributed by atoms with Crippen LogP contribution in [0.2, 0.25) is 0 Å². The Morgan fingerprint density at radius 3 is 3.00 bits per heavy atom. The summed E-state index contributed by atoms with van der Waals surface area (Å²) in [5, 5.41) is 0. The molecule has 2 heterocycles. The first kappa shape index (κ1) is 7.47. The Kier molecular flexibility index (Phi) is 1.90. The number of pyridine rings is 1. The van der Waals surface area contributed by atoms with Crippen molar-refractivity contribution in [2.45, 2.75) is 19.8 Å². The molecule has 0 saturated heterocycles. The molecule has 0 aliphatic carbocycles. The molecule has 0 spiro atoms. The lowest BCUT2D eigenvalue weighted by atomic mass is 10.1.